The zero-order valence-electron chi connectivity index (χ0n) is 14.4. The van der Waals surface area contributed by atoms with Crippen LogP contribution in [0.15, 0.2) is 41.8 Å². The van der Waals surface area contributed by atoms with E-state index in [0.717, 1.165) is 52.5 Å². The van der Waals surface area contributed by atoms with Crippen LogP contribution in [0.25, 0.3) is 21.8 Å². The molecule has 2 aromatic carbocycles. The Morgan fingerprint density at radius 1 is 1.15 bits per heavy atom. The minimum Gasteiger partial charge on any atom is -0.478 e. The van der Waals surface area contributed by atoms with Crippen molar-refractivity contribution in [2.75, 3.05) is 11.4 Å². The molecule has 0 aliphatic carbocycles. The van der Waals surface area contributed by atoms with Crippen molar-refractivity contribution in [3.05, 3.63) is 58.5 Å². The van der Waals surface area contributed by atoms with Crippen LogP contribution in [-0.2, 0) is 17.6 Å². The Hall–Kier alpha value is -2.99. The SMILES string of the molecule is O=C(O)c1cccc(-c2nc(-c3cc4c5c(c3)CC(=O)N5CCC4)cs2)c1. The Bertz CT molecular complexity index is 1100. The summed E-state index contributed by atoms with van der Waals surface area (Å²) in [6.07, 6.45) is 2.44. The van der Waals surface area contributed by atoms with E-state index in [4.69, 9.17) is 4.98 Å². The van der Waals surface area contributed by atoms with Crippen LogP contribution in [0.2, 0.25) is 0 Å². The number of thiazole rings is 1. The first-order valence-electron chi connectivity index (χ1n) is 8.86. The number of hydrogen-bond donors (Lipinski definition) is 1. The standard InChI is InChI=1S/C21H16N2O3S/c24-18-10-16-9-15(7-12-5-2-6-23(18)19(12)16)17-11-27-20(22-17)13-3-1-4-14(8-13)21(25)26/h1,3-4,7-9,11H,2,5-6,10H2,(H,25,26). The summed E-state index contributed by atoms with van der Waals surface area (Å²) in [5, 5.41) is 12.0. The molecule has 0 unspecified atom stereocenters. The molecule has 6 heteroatoms. The molecule has 134 valence electrons. The predicted molar refractivity (Wildman–Crippen MR) is 104 cm³/mol. The predicted octanol–water partition coefficient (Wildman–Crippen LogP) is 4.01. The average Bonchev–Trinajstić information content (AvgIpc) is 3.29. The van der Waals surface area contributed by atoms with Crippen LogP contribution in [0.5, 0.6) is 0 Å². The molecule has 1 amide bonds. The van der Waals surface area contributed by atoms with Gasteiger partial charge in [-0.3, -0.25) is 4.79 Å². The van der Waals surface area contributed by atoms with Crippen LogP contribution >= 0.6 is 11.3 Å². The number of anilines is 1. The number of aromatic carboxylic acids is 1. The molecule has 0 saturated heterocycles. The summed E-state index contributed by atoms with van der Waals surface area (Å²) >= 11 is 1.50. The van der Waals surface area contributed by atoms with E-state index in [0.29, 0.717) is 6.42 Å². The van der Waals surface area contributed by atoms with Gasteiger partial charge >= 0.3 is 5.97 Å². The van der Waals surface area contributed by atoms with Crippen molar-refractivity contribution in [2.45, 2.75) is 19.3 Å². The van der Waals surface area contributed by atoms with Crippen molar-refractivity contribution in [3.8, 4) is 21.8 Å². The fraction of sp³-hybridized carbons (Fsp3) is 0.190. The van der Waals surface area contributed by atoms with Gasteiger partial charge in [-0.05, 0) is 48.2 Å². The molecule has 0 spiro atoms. The maximum Gasteiger partial charge on any atom is 0.335 e. The number of aryl methyl sites for hydroxylation is 1. The summed E-state index contributed by atoms with van der Waals surface area (Å²) < 4.78 is 0. The molecule has 5 rings (SSSR count). The Morgan fingerprint density at radius 2 is 2.00 bits per heavy atom. The average molecular weight is 376 g/mol. The molecule has 0 saturated carbocycles. The molecule has 0 atom stereocenters. The van der Waals surface area contributed by atoms with Crippen LogP contribution in [0, 0.1) is 0 Å². The van der Waals surface area contributed by atoms with Gasteiger partial charge in [0.2, 0.25) is 5.91 Å². The number of rotatable bonds is 3. The van der Waals surface area contributed by atoms with Gasteiger partial charge in [-0.15, -0.1) is 11.3 Å². The molecule has 0 fully saturated rings. The smallest absolute Gasteiger partial charge is 0.335 e. The number of carbonyl (C=O) groups excluding carboxylic acids is 1. The minimum atomic E-state index is -0.944. The van der Waals surface area contributed by atoms with E-state index in [1.54, 1.807) is 18.2 Å². The van der Waals surface area contributed by atoms with Gasteiger partial charge < -0.3 is 10.0 Å². The molecule has 0 radical (unpaired) electrons. The van der Waals surface area contributed by atoms with Gasteiger partial charge in [0.25, 0.3) is 0 Å². The molecule has 3 aromatic rings. The number of benzene rings is 2. The first kappa shape index (κ1) is 16.2. The van der Waals surface area contributed by atoms with Gasteiger partial charge in [-0.1, -0.05) is 12.1 Å². The van der Waals surface area contributed by atoms with E-state index >= 15 is 0 Å². The highest BCUT2D eigenvalue weighted by atomic mass is 32.1. The van der Waals surface area contributed by atoms with Crippen LogP contribution in [0.3, 0.4) is 0 Å². The summed E-state index contributed by atoms with van der Waals surface area (Å²) in [4.78, 5) is 30.1. The summed E-state index contributed by atoms with van der Waals surface area (Å²) in [7, 11) is 0. The monoisotopic (exact) mass is 376 g/mol. The minimum absolute atomic E-state index is 0.188. The van der Waals surface area contributed by atoms with Gasteiger partial charge in [-0.2, -0.15) is 0 Å². The van der Waals surface area contributed by atoms with E-state index in [1.807, 2.05) is 16.3 Å². The second kappa shape index (κ2) is 6.03. The Morgan fingerprint density at radius 3 is 2.85 bits per heavy atom. The molecule has 0 bridgehead atoms. The normalized spacial score (nSPS) is 15.1. The van der Waals surface area contributed by atoms with Crippen molar-refractivity contribution in [1.29, 1.82) is 0 Å². The highest BCUT2D eigenvalue weighted by Crippen LogP contribution is 2.40. The number of aromatic nitrogens is 1. The Kier molecular flexibility index (Phi) is 3.62. The van der Waals surface area contributed by atoms with E-state index in [-0.39, 0.29) is 11.5 Å². The first-order chi connectivity index (χ1) is 13.1. The third kappa shape index (κ3) is 2.64. The quantitative estimate of drug-likeness (QED) is 0.750. The molecule has 3 heterocycles. The second-order valence-electron chi connectivity index (χ2n) is 6.89. The highest BCUT2D eigenvalue weighted by molar-refractivity contribution is 7.13. The molecule has 27 heavy (non-hydrogen) atoms. The topological polar surface area (TPSA) is 70.5 Å². The zero-order chi connectivity index (χ0) is 18.5. The Labute approximate surface area is 159 Å². The molecule has 2 aliphatic heterocycles. The molecule has 1 N–H and O–H groups in total. The van der Waals surface area contributed by atoms with Crippen molar-refractivity contribution in [3.63, 3.8) is 0 Å². The molecule has 5 nitrogen and oxygen atoms in total. The van der Waals surface area contributed by atoms with Crippen molar-refractivity contribution >= 4 is 28.9 Å². The zero-order valence-corrected chi connectivity index (χ0v) is 15.3. The third-order valence-corrected chi connectivity index (χ3v) is 6.06. The molecule has 1 aromatic heterocycles. The lowest BCUT2D eigenvalue weighted by Crippen LogP contribution is -2.31. The van der Waals surface area contributed by atoms with Gasteiger partial charge in [0.1, 0.15) is 5.01 Å². The maximum absolute atomic E-state index is 12.2. The Balaban J connectivity index is 1.54. The van der Waals surface area contributed by atoms with Crippen molar-refractivity contribution in [1.82, 2.24) is 4.98 Å². The number of amides is 1. The highest BCUT2D eigenvalue weighted by Gasteiger charge is 2.32. The second-order valence-corrected chi connectivity index (χ2v) is 7.75. The number of nitrogens with zero attached hydrogens (tertiary/aromatic N) is 2. The van der Waals surface area contributed by atoms with Gasteiger partial charge in [0.05, 0.1) is 23.4 Å². The summed E-state index contributed by atoms with van der Waals surface area (Å²) in [5.41, 5.74) is 6.37. The fourth-order valence-corrected chi connectivity index (χ4v) is 4.78. The van der Waals surface area contributed by atoms with E-state index < -0.39 is 5.97 Å². The maximum atomic E-state index is 12.2. The van der Waals surface area contributed by atoms with E-state index in [9.17, 15) is 14.7 Å². The molecular formula is C21H16N2O3S. The van der Waals surface area contributed by atoms with Crippen LogP contribution in [0.4, 0.5) is 5.69 Å². The van der Waals surface area contributed by atoms with E-state index in [2.05, 4.69) is 12.1 Å². The first-order valence-corrected chi connectivity index (χ1v) is 9.74. The summed E-state index contributed by atoms with van der Waals surface area (Å²) in [5.74, 6) is -0.756. The number of hydrogen-bond acceptors (Lipinski definition) is 4. The van der Waals surface area contributed by atoms with Gasteiger partial charge in [-0.25, -0.2) is 9.78 Å². The van der Waals surface area contributed by atoms with Gasteiger partial charge in [0.15, 0.2) is 0 Å². The third-order valence-electron chi connectivity index (χ3n) is 5.16. The van der Waals surface area contributed by atoms with Crippen LogP contribution in [-0.4, -0.2) is 28.5 Å². The summed E-state index contributed by atoms with van der Waals surface area (Å²) in [6.45, 7) is 0.818. The van der Waals surface area contributed by atoms with Crippen molar-refractivity contribution in [2.24, 2.45) is 0 Å². The summed E-state index contributed by atoms with van der Waals surface area (Å²) in [6, 6.07) is 11.1. The molecular weight excluding hydrogens is 360 g/mol. The van der Waals surface area contributed by atoms with Crippen molar-refractivity contribution < 1.29 is 14.7 Å². The number of carboxylic acid groups (broad SMARTS) is 1. The lowest BCUT2D eigenvalue weighted by molar-refractivity contribution is -0.117. The largest absolute Gasteiger partial charge is 0.478 e. The van der Waals surface area contributed by atoms with Crippen LogP contribution in [0.1, 0.15) is 27.9 Å². The lowest BCUT2D eigenvalue weighted by atomic mass is 9.96. The number of carbonyl (C=O) groups is 2. The van der Waals surface area contributed by atoms with Gasteiger partial charge in [0, 0.05) is 23.1 Å². The van der Waals surface area contributed by atoms with Crippen LogP contribution < -0.4 is 4.90 Å². The van der Waals surface area contributed by atoms with E-state index in [1.165, 1.54) is 16.9 Å². The fourth-order valence-electron chi connectivity index (χ4n) is 3.95. The molecule has 2 aliphatic rings. The lowest BCUT2D eigenvalue weighted by Gasteiger charge is -2.25. The number of carboxylic acids is 1.